The molecule has 0 aromatic carbocycles. The van der Waals surface area contributed by atoms with E-state index in [9.17, 15) is 0 Å². The molecule has 0 heterocycles. The zero-order valence-corrected chi connectivity index (χ0v) is 7.93. The first-order valence-electron chi connectivity index (χ1n) is 3.02. The molecule has 0 fully saturated rings. The Bertz CT molecular complexity index is 218. The minimum atomic E-state index is 0.541. The van der Waals surface area contributed by atoms with Crippen LogP contribution in [0.2, 0.25) is 0 Å². The predicted octanol–water partition coefficient (Wildman–Crippen LogP) is 2.75. The molecule has 0 saturated heterocycles. The lowest BCUT2D eigenvalue weighted by Gasteiger charge is -2.01. The Morgan fingerprint density at radius 2 is 2.18 bits per heavy atom. The van der Waals surface area contributed by atoms with Gasteiger partial charge in [0.05, 0.1) is 4.99 Å². The van der Waals surface area contributed by atoms with E-state index in [2.05, 4.69) is 18.5 Å². The number of rotatable bonds is 3. The molecule has 0 aliphatic rings. The number of nitrogens with one attached hydrogen (secondary N) is 1. The quantitative estimate of drug-likeness (QED) is 0.539. The van der Waals surface area contributed by atoms with Crippen LogP contribution in [0.1, 0.15) is 6.92 Å². The Morgan fingerprint density at radius 1 is 1.64 bits per heavy atom. The average molecular weight is 188 g/mol. The molecule has 0 rings (SSSR count). The number of hydrogen-bond donors (Lipinski definition) is 1. The first-order valence-corrected chi connectivity index (χ1v) is 3.81. The SMILES string of the molecule is C=C/C(Cl)=C\C(=C)NC(C)=S. The molecule has 3 heteroatoms. The summed E-state index contributed by atoms with van der Waals surface area (Å²) in [4.78, 5) is 0.666. The number of allylic oxidation sites excluding steroid dienone is 3. The number of thiocarbonyl (C=S) groups is 1. The van der Waals surface area contributed by atoms with Crippen molar-refractivity contribution in [3.63, 3.8) is 0 Å². The molecular formula is C8H10ClNS. The van der Waals surface area contributed by atoms with Gasteiger partial charge in [0.1, 0.15) is 0 Å². The highest BCUT2D eigenvalue weighted by Crippen LogP contribution is 2.04. The number of halogens is 1. The van der Waals surface area contributed by atoms with Gasteiger partial charge < -0.3 is 5.32 Å². The lowest BCUT2D eigenvalue weighted by Crippen LogP contribution is -2.14. The molecule has 0 unspecified atom stereocenters. The first-order chi connectivity index (χ1) is 5.06. The lowest BCUT2D eigenvalue weighted by atomic mass is 10.4. The summed E-state index contributed by atoms with van der Waals surface area (Å²) >= 11 is 10.4. The third kappa shape index (κ3) is 5.83. The average Bonchev–Trinajstić information content (AvgIpc) is 1.85. The summed E-state index contributed by atoms with van der Waals surface area (Å²) < 4.78 is 0. The highest BCUT2D eigenvalue weighted by Gasteiger charge is 1.89. The summed E-state index contributed by atoms with van der Waals surface area (Å²) in [5.74, 6) is 0. The molecule has 0 amide bonds. The van der Waals surface area contributed by atoms with E-state index in [1.807, 2.05) is 0 Å². The van der Waals surface area contributed by atoms with E-state index in [1.165, 1.54) is 6.08 Å². The highest BCUT2D eigenvalue weighted by molar-refractivity contribution is 7.80. The molecule has 0 spiro atoms. The van der Waals surface area contributed by atoms with Crippen LogP contribution < -0.4 is 5.32 Å². The molecule has 0 atom stereocenters. The first kappa shape index (κ1) is 10.4. The van der Waals surface area contributed by atoms with E-state index in [1.54, 1.807) is 13.0 Å². The minimum absolute atomic E-state index is 0.541. The van der Waals surface area contributed by atoms with E-state index in [4.69, 9.17) is 23.8 Å². The van der Waals surface area contributed by atoms with Gasteiger partial charge in [0, 0.05) is 10.7 Å². The summed E-state index contributed by atoms with van der Waals surface area (Å²) in [7, 11) is 0. The lowest BCUT2D eigenvalue weighted by molar-refractivity contribution is 1.21. The fourth-order valence-electron chi connectivity index (χ4n) is 0.488. The molecule has 11 heavy (non-hydrogen) atoms. The molecular weight excluding hydrogens is 178 g/mol. The molecule has 0 saturated carbocycles. The maximum absolute atomic E-state index is 5.64. The Hall–Kier alpha value is -0.600. The van der Waals surface area contributed by atoms with E-state index < -0.39 is 0 Å². The van der Waals surface area contributed by atoms with Crippen LogP contribution in [-0.2, 0) is 0 Å². The van der Waals surface area contributed by atoms with Gasteiger partial charge >= 0.3 is 0 Å². The van der Waals surface area contributed by atoms with Crippen molar-refractivity contribution in [3.05, 3.63) is 36.0 Å². The molecule has 60 valence electrons. The third-order valence-electron chi connectivity index (χ3n) is 0.844. The van der Waals surface area contributed by atoms with Gasteiger partial charge in [-0.15, -0.1) is 0 Å². The van der Waals surface area contributed by atoms with Gasteiger partial charge in [-0.1, -0.05) is 43.1 Å². The molecule has 0 aliphatic carbocycles. The van der Waals surface area contributed by atoms with Crippen molar-refractivity contribution < 1.29 is 0 Å². The molecule has 1 N–H and O–H groups in total. The predicted molar refractivity (Wildman–Crippen MR) is 54.7 cm³/mol. The van der Waals surface area contributed by atoms with Crippen molar-refractivity contribution in [1.82, 2.24) is 5.32 Å². The van der Waals surface area contributed by atoms with Gasteiger partial charge in [0.25, 0.3) is 0 Å². The second-order valence-electron chi connectivity index (χ2n) is 1.94. The van der Waals surface area contributed by atoms with Crippen LogP contribution in [-0.4, -0.2) is 4.99 Å². The van der Waals surface area contributed by atoms with Crippen molar-refractivity contribution in [1.29, 1.82) is 0 Å². The second-order valence-corrected chi connectivity index (χ2v) is 2.99. The normalized spacial score (nSPS) is 10.5. The van der Waals surface area contributed by atoms with Crippen LogP contribution in [0.15, 0.2) is 36.0 Å². The summed E-state index contributed by atoms with van der Waals surface area (Å²) in [5.41, 5.74) is 0.669. The van der Waals surface area contributed by atoms with E-state index in [-0.39, 0.29) is 0 Å². The minimum Gasteiger partial charge on any atom is -0.351 e. The van der Waals surface area contributed by atoms with Crippen LogP contribution in [0.25, 0.3) is 0 Å². The number of hydrogen-bond acceptors (Lipinski definition) is 1. The van der Waals surface area contributed by atoms with Crippen LogP contribution in [0.4, 0.5) is 0 Å². The van der Waals surface area contributed by atoms with Crippen molar-refractivity contribution in [2.45, 2.75) is 6.92 Å². The molecule has 0 aromatic rings. The van der Waals surface area contributed by atoms with Gasteiger partial charge in [-0.05, 0) is 13.0 Å². The van der Waals surface area contributed by atoms with Crippen LogP contribution in [0, 0.1) is 0 Å². The van der Waals surface area contributed by atoms with E-state index >= 15 is 0 Å². The molecule has 0 bridgehead atoms. The van der Waals surface area contributed by atoms with Crippen LogP contribution in [0.5, 0.6) is 0 Å². The van der Waals surface area contributed by atoms with Crippen LogP contribution >= 0.6 is 23.8 Å². The third-order valence-corrected chi connectivity index (χ3v) is 1.21. The Morgan fingerprint density at radius 3 is 2.55 bits per heavy atom. The summed E-state index contributed by atoms with van der Waals surface area (Å²) in [6, 6.07) is 0. The molecule has 1 nitrogen and oxygen atoms in total. The van der Waals surface area contributed by atoms with Crippen molar-refractivity contribution >= 4 is 28.8 Å². The Labute approximate surface area is 77.4 Å². The Balaban J connectivity index is 4.07. The van der Waals surface area contributed by atoms with Gasteiger partial charge in [-0.3, -0.25) is 0 Å². The monoisotopic (exact) mass is 187 g/mol. The summed E-state index contributed by atoms with van der Waals surface area (Å²) in [6.45, 7) is 8.94. The fourth-order valence-corrected chi connectivity index (χ4v) is 0.750. The highest BCUT2D eigenvalue weighted by atomic mass is 35.5. The maximum atomic E-state index is 5.64. The maximum Gasteiger partial charge on any atom is 0.0765 e. The zero-order chi connectivity index (χ0) is 8.85. The zero-order valence-electron chi connectivity index (χ0n) is 6.36. The van der Waals surface area contributed by atoms with Crippen LogP contribution in [0.3, 0.4) is 0 Å². The fraction of sp³-hybridized carbons (Fsp3) is 0.125. The van der Waals surface area contributed by atoms with E-state index in [0.717, 1.165) is 0 Å². The summed E-state index contributed by atoms with van der Waals surface area (Å²) in [6.07, 6.45) is 3.19. The molecule has 0 radical (unpaired) electrons. The standard InChI is InChI=1S/C8H10ClNS/c1-4-8(9)5-6(2)10-7(3)11/h4-5H,1-2H2,3H3,(H,10,11)/b8-5+. The largest absolute Gasteiger partial charge is 0.351 e. The Kier molecular flexibility index (Phi) is 4.83. The molecule has 0 aliphatic heterocycles. The molecule has 0 aromatic heterocycles. The van der Waals surface area contributed by atoms with Crippen molar-refractivity contribution in [3.8, 4) is 0 Å². The summed E-state index contributed by atoms with van der Waals surface area (Å²) in [5, 5.41) is 3.38. The van der Waals surface area contributed by atoms with Gasteiger partial charge in [0.15, 0.2) is 0 Å². The van der Waals surface area contributed by atoms with Gasteiger partial charge in [-0.2, -0.15) is 0 Å². The smallest absolute Gasteiger partial charge is 0.0765 e. The van der Waals surface area contributed by atoms with Gasteiger partial charge in [0.2, 0.25) is 0 Å². The second kappa shape index (κ2) is 5.10. The van der Waals surface area contributed by atoms with Crippen molar-refractivity contribution in [2.24, 2.45) is 0 Å². The van der Waals surface area contributed by atoms with Gasteiger partial charge in [-0.25, -0.2) is 0 Å². The van der Waals surface area contributed by atoms with Crippen molar-refractivity contribution in [2.75, 3.05) is 0 Å². The topological polar surface area (TPSA) is 12.0 Å². The van der Waals surface area contributed by atoms with E-state index in [0.29, 0.717) is 15.7 Å².